The third-order valence-corrected chi connectivity index (χ3v) is 4.04. The van der Waals surface area contributed by atoms with Crippen molar-refractivity contribution in [1.82, 2.24) is 29.7 Å². The van der Waals surface area contributed by atoms with E-state index in [4.69, 9.17) is 0 Å². The van der Waals surface area contributed by atoms with Crippen LogP contribution in [0, 0.1) is 6.92 Å². The number of nitrogens with zero attached hydrogens (tertiary/aromatic N) is 6. The van der Waals surface area contributed by atoms with E-state index in [1.165, 1.54) is 0 Å². The number of carbonyl (C=O) groups is 1. The van der Waals surface area contributed by atoms with Crippen LogP contribution in [0.15, 0.2) is 61.4 Å². The number of aromatic nitrogens is 6. The standard InChI is InChI=1S/C20H17N7O/c1-13-8-14(10-22-9-13)15-4-3-5-16(24-15)20(28)25-18-12-27(2)26-19(18)17-11-21-6-7-23-17/h3-12H,1-2H3,(H,25,28). The summed E-state index contributed by atoms with van der Waals surface area (Å²) in [6.07, 6.45) is 9.98. The Morgan fingerprint density at radius 3 is 2.75 bits per heavy atom. The van der Waals surface area contributed by atoms with Gasteiger partial charge in [0.05, 0.1) is 17.6 Å². The van der Waals surface area contributed by atoms with Crippen LogP contribution in [0.1, 0.15) is 16.1 Å². The molecule has 0 bridgehead atoms. The smallest absolute Gasteiger partial charge is 0.274 e. The molecular weight excluding hydrogens is 354 g/mol. The molecule has 4 aromatic rings. The van der Waals surface area contributed by atoms with Gasteiger partial charge in [-0.15, -0.1) is 0 Å². The molecule has 0 spiro atoms. The van der Waals surface area contributed by atoms with Gasteiger partial charge in [-0.25, -0.2) is 4.98 Å². The third kappa shape index (κ3) is 3.61. The Labute approximate surface area is 161 Å². The zero-order valence-electron chi connectivity index (χ0n) is 15.4. The van der Waals surface area contributed by atoms with E-state index in [9.17, 15) is 4.79 Å². The zero-order valence-corrected chi connectivity index (χ0v) is 15.4. The first-order valence-electron chi connectivity index (χ1n) is 8.60. The zero-order chi connectivity index (χ0) is 19.5. The van der Waals surface area contributed by atoms with E-state index in [1.54, 1.807) is 61.0 Å². The molecule has 0 saturated carbocycles. The summed E-state index contributed by atoms with van der Waals surface area (Å²) in [7, 11) is 1.78. The number of pyridine rings is 2. The molecule has 0 radical (unpaired) electrons. The van der Waals surface area contributed by atoms with E-state index in [0.29, 0.717) is 28.5 Å². The molecule has 28 heavy (non-hydrogen) atoms. The van der Waals surface area contributed by atoms with Gasteiger partial charge in [0.15, 0.2) is 0 Å². The van der Waals surface area contributed by atoms with Gasteiger partial charge < -0.3 is 5.32 Å². The highest BCUT2D eigenvalue weighted by Crippen LogP contribution is 2.24. The molecule has 1 amide bonds. The summed E-state index contributed by atoms with van der Waals surface area (Å²) in [5, 5.41) is 7.24. The first-order valence-corrected chi connectivity index (χ1v) is 8.60. The van der Waals surface area contributed by atoms with Crippen LogP contribution in [0.2, 0.25) is 0 Å². The van der Waals surface area contributed by atoms with E-state index >= 15 is 0 Å². The SMILES string of the molecule is Cc1cncc(-c2cccc(C(=O)Nc3cn(C)nc3-c3cnccn3)n2)c1. The van der Waals surface area contributed by atoms with Crippen LogP contribution in [0.5, 0.6) is 0 Å². The lowest BCUT2D eigenvalue weighted by molar-refractivity contribution is 0.102. The predicted octanol–water partition coefficient (Wildman–Crippen LogP) is 2.89. The quantitative estimate of drug-likeness (QED) is 0.592. The minimum absolute atomic E-state index is 0.299. The molecule has 0 aliphatic heterocycles. The van der Waals surface area contributed by atoms with Gasteiger partial charge in [-0.1, -0.05) is 6.07 Å². The van der Waals surface area contributed by atoms with Crippen molar-refractivity contribution in [2.45, 2.75) is 6.92 Å². The predicted molar refractivity (Wildman–Crippen MR) is 104 cm³/mol. The van der Waals surface area contributed by atoms with Crippen LogP contribution in [-0.4, -0.2) is 35.6 Å². The van der Waals surface area contributed by atoms with Crippen molar-refractivity contribution in [3.8, 4) is 22.6 Å². The summed E-state index contributed by atoms with van der Waals surface area (Å²) in [5.74, 6) is -0.333. The second kappa shape index (κ2) is 7.36. The number of amides is 1. The number of rotatable bonds is 4. The Kier molecular flexibility index (Phi) is 4.59. The molecule has 4 heterocycles. The highest BCUT2D eigenvalue weighted by Gasteiger charge is 2.16. The molecule has 0 aliphatic carbocycles. The van der Waals surface area contributed by atoms with Gasteiger partial charge in [0, 0.05) is 43.6 Å². The number of aryl methyl sites for hydroxylation is 2. The molecular formula is C20H17N7O. The van der Waals surface area contributed by atoms with Crippen molar-refractivity contribution in [3.05, 3.63) is 72.7 Å². The van der Waals surface area contributed by atoms with E-state index in [-0.39, 0.29) is 5.91 Å². The van der Waals surface area contributed by atoms with Crippen molar-refractivity contribution in [3.63, 3.8) is 0 Å². The van der Waals surface area contributed by atoms with Crippen LogP contribution in [0.25, 0.3) is 22.6 Å². The molecule has 4 aromatic heterocycles. The number of carbonyl (C=O) groups excluding carboxylic acids is 1. The van der Waals surface area contributed by atoms with Crippen LogP contribution < -0.4 is 5.32 Å². The minimum Gasteiger partial charge on any atom is -0.317 e. The molecule has 0 saturated heterocycles. The molecule has 0 fully saturated rings. The summed E-state index contributed by atoms with van der Waals surface area (Å²) >= 11 is 0. The number of anilines is 1. The Hall–Kier alpha value is -3.94. The lowest BCUT2D eigenvalue weighted by Crippen LogP contribution is -2.14. The molecule has 0 aliphatic rings. The third-order valence-electron chi connectivity index (χ3n) is 4.04. The number of hydrogen-bond acceptors (Lipinski definition) is 6. The van der Waals surface area contributed by atoms with Crippen molar-refractivity contribution < 1.29 is 4.79 Å². The van der Waals surface area contributed by atoms with Crippen molar-refractivity contribution in [2.75, 3.05) is 5.32 Å². The molecule has 0 atom stereocenters. The van der Waals surface area contributed by atoms with Crippen LogP contribution in [0.4, 0.5) is 5.69 Å². The maximum atomic E-state index is 12.8. The molecule has 4 rings (SSSR count). The highest BCUT2D eigenvalue weighted by atomic mass is 16.1. The van der Waals surface area contributed by atoms with Gasteiger partial charge in [-0.3, -0.25) is 24.4 Å². The second-order valence-corrected chi connectivity index (χ2v) is 6.27. The monoisotopic (exact) mass is 371 g/mol. The van der Waals surface area contributed by atoms with E-state index in [0.717, 1.165) is 11.1 Å². The summed E-state index contributed by atoms with van der Waals surface area (Å²) in [6.45, 7) is 1.96. The fraction of sp³-hybridized carbons (Fsp3) is 0.100. The molecule has 0 unspecified atom stereocenters. The van der Waals surface area contributed by atoms with Gasteiger partial charge in [0.1, 0.15) is 17.1 Å². The summed E-state index contributed by atoms with van der Waals surface area (Å²) < 4.78 is 1.61. The second-order valence-electron chi connectivity index (χ2n) is 6.27. The largest absolute Gasteiger partial charge is 0.317 e. The summed E-state index contributed by atoms with van der Waals surface area (Å²) in [5.41, 5.74) is 4.53. The number of hydrogen-bond donors (Lipinski definition) is 1. The highest BCUT2D eigenvalue weighted by molar-refractivity contribution is 6.04. The average molecular weight is 371 g/mol. The molecule has 8 heteroatoms. The van der Waals surface area contributed by atoms with Gasteiger partial charge in [0.2, 0.25) is 0 Å². The Morgan fingerprint density at radius 2 is 1.96 bits per heavy atom. The molecule has 0 aromatic carbocycles. The maximum Gasteiger partial charge on any atom is 0.274 e. The molecule has 1 N–H and O–H groups in total. The molecule has 138 valence electrons. The van der Waals surface area contributed by atoms with Crippen molar-refractivity contribution in [2.24, 2.45) is 7.05 Å². The lowest BCUT2D eigenvalue weighted by atomic mass is 10.1. The topological polar surface area (TPSA) is 98.5 Å². The van der Waals surface area contributed by atoms with Crippen LogP contribution in [0.3, 0.4) is 0 Å². The van der Waals surface area contributed by atoms with E-state index in [2.05, 4.69) is 30.4 Å². The Bertz CT molecular complexity index is 1140. The van der Waals surface area contributed by atoms with Crippen molar-refractivity contribution >= 4 is 11.6 Å². The van der Waals surface area contributed by atoms with E-state index < -0.39 is 0 Å². The average Bonchev–Trinajstić information content (AvgIpc) is 3.09. The maximum absolute atomic E-state index is 12.8. The fourth-order valence-electron chi connectivity index (χ4n) is 2.79. The molecule has 8 nitrogen and oxygen atoms in total. The Balaban J connectivity index is 1.63. The van der Waals surface area contributed by atoms with Crippen LogP contribution >= 0.6 is 0 Å². The number of nitrogens with one attached hydrogen (secondary N) is 1. The van der Waals surface area contributed by atoms with Gasteiger partial charge in [0.25, 0.3) is 5.91 Å². The first-order chi connectivity index (χ1) is 13.6. The van der Waals surface area contributed by atoms with Gasteiger partial charge in [-0.05, 0) is 30.7 Å². The van der Waals surface area contributed by atoms with Crippen molar-refractivity contribution in [1.29, 1.82) is 0 Å². The Morgan fingerprint density at radius 1 is 1.07 bits per heavy atom. The normalized spacial score (nSPS) is 10.6. The van der Waals surface area contributed by atoms with Gasteiger partial charge in [-0.2, -0.15) is 5.10 Å². The van der Waals surface area contributed by atoms with E-state index in [1.807, 2.05) is 19.1 Å². The minimum atomic E-state index is -0.333. The first kappa shape index (κ1) is 17.5. The lowest BCUT2D eigenvalue weighted by Gasteiger charge is -2.07. The summed E-state index contributed by atoms with van der Waals surface area (Å²) in [6, 6.07) is 7.29. The van der Waals surface area contributed by atoms with Crippen LogP contribution in [-0.2, 0) is 7.05 Å². The summed E-state index contributed by atoms with van der Waals surface area (Å²) in [4.78, 5) is 29.8. The fourth-order valence-corrected chi connectivity index (χ4v) is 2.79. The van der Waals surface area contributed by atoms with Gasteiger partial charge >= 0.3 is 0 Å².